The molecule has 0 radical (unpaired) electrons. The lowest BCUT2D eigenvalue weighted by molar-refractivity contribution is 0.0645. The first-order valence-electron chi connectivity index (χ1n) is 7.54. The smallest absolute Gasteiger partial charge is 0.270 e. The highest BCUT2D eigenvalue weighted by molar-refractivity contribution is 6.31. The predicted octanol–water partition coefficient (Wildman–Crippen LogP) is 2.77. The highest BCUT2D eigenvalue weighted by Gasteiger charge is 2.26. The normalized spacial score (nSPS) is 16.4. The molecule has 20 heavy (non-hydrogen) atoms. The Kier molecular flexibility index (Phi) is 5.49. The van der Waals surface area contributed by atoms with Crippen LogP contribution < -0.4 is 5.32 Å². The summed E-state index contributed by atoms with van der Waals surface area (Å²) in [5.74, 6) is 0.111. The van der Waals surface area contributed by atoms with E-state index in [1.807, 2.05) is 15.7 Å². The predicted molar refractivity (Wildman–Crippen MR) is 82.3 cm³/mol. The Labute approximate surface area is 126 Å². The Balaban J connectivity index is 2.19. The molecule has 4 nitrogen and oxygen atoms in total. The molecule has 1 aliphatic rings. The third-order valence-electron chi connectivity index (χ3n) is 3.90. The van der Waals surface area contributed by atoms with Gasteiger partial charge in [-0.15, -0.1) is 0 Å². The molecule has 1 amide bonds. The van der Waals surface area contributed by atoms with Gasteiger partial charge < -0.3 is 14.8 Å². The van der Waals surface area contributed by atoms with Crippen molar-refractivity contribution in [2.24, 2.45) is 0 Å². The van der Waals surface area contributed by atoms with Crippen LogP contribution in [0.1, 0.15) is 43.6 Å². The second-order valence-corrected chi connectivity index (χ2v) is 5.75. The van der Waals surface area contributed by atoms with Crippen LogP contribution in [-0.2, 0) is 6.54 Å². The molecule has 1 saturated heterocycles. The molecular formula is C15H24ClN3O. The van der Waals surface area contributed by atoms with Crippen molar-refractivity contribution in [2.45, 2.75) is 45.7 Å². The van der Waals surface area contributed by atoms with Gasteiger partial charge in [0.05, 0.1) is 5.02 Å². The van der Waals surface area contributed by atoms with Crippen LogP contribution in [0.4, 0.5) is 0 Å². The highest BCUT2D eigenvalue weighted by Crippen LogP contribution is 2.20. The van der Waals surface area contributed by atoms with E-state index in [0.717, 1.165) is 51.1 Å². The van der Waals surface area contributed by atoms with E-state index in [9.17, 15) is 4.79 Å². The number of hydrogen-bond acceptors (Lipinski definition) is 2. The molecule has 1 aliphatic heterocycles. The Bertz CT molecular complexity index is 452. The van der Waals surface area contributed by atoms with E-state index in [0.29, 0.717) is 11.1 Å². The quantitative estimate of drug-likeness (QED) is 0.907. The van der Waals surface area contributed by atoms with Crippen LogP contribution in [0, 0.1) is 0 Å². The summed E-state index contributed by atoms with van der Waals surface area (Å²) < 4.78 is 1.98. The summed E-state index contributed by atoms with van der Waals surface area (Å²) in [6, 6.07) is 2.14. The summed E-state index contributed by atoms with van der Waals surface area (Å²) in [5.41, 5.74) is 0.720. The van der Waals surface area contributed by atoms with Crippen molar-refractivity contribution in [3.05, 3.63) is 23.0 Å². The van der Waals surface area contributed by atoms with Gasteiger partial charge >= 0.3 is 0 Å². The van der Waals surface area contributed by atoms with Gasteiger partial charge in [0.1, 0.15) is 5.69 Å². The van der Waals surface area contributed by atoms with Crippen LogP contribution in [0.5, 0.6) is 0 Å². The maximum atomic E-state index is 12.8. The molecule has 0 unspecified atom stereocenters. The number of halogens is 1. The Hall–Kier alpha value is -1.00. The molecule has 1 N–H and O–H groups in total. The number of rotatable bonds is 5. The SMILES string of the molecule is CCCn1cc(Cl)cc1C(=O)N(CC)C1CCNCC1. The number of aryl methyl sites for hydroxylation is 1. The average Bonchev–Trinajstić information content (AvgIpc) is 2.82. The second kappa shape index (κ2) is 7.14. The Morgan fingerprint density at radius 3 is 2.75 bits per heavy atom. The third kappa shape index (κ3) is 3.36. The topological polar surface area (TPSA) is 37.3 Å². The van der Waals surface area contributed by atoms with Crippen molar-refractivity contribution in [3.63, 3.8) is 0 Å². The first-order valence-corrected chi connectivity index (χ1v) is 7.92. The lowest BCUT2D eigenvalue weighted by atomic mass is 10.0. The van der Waals surface area contributed by atoms with E-state index in [1.54, 1.807) is 6.07 Å². The van der Waals surface area contributed by atoms with Crippen molar-refractivity contribution in [3.8, 4) is 0 Å². The molecular weight excluding hydrogens is 274 g/mol. The number of amides is 1. The first-order chi connectivity index (χ1) is 9.67. The monoisotopic (exact) mass is 297 g/mol. The largest absolute Gasteiger partial charge is 0.342 e. The number of nitrogens with zero attached hydrogens (tertiary/aromatic N) is 2. The number of piperidine rings is 1. The number of aromatic nitrogens is 1. The molecule has 0 aromatic carbocycles. The van der Waals surface area contributed by atoms with Crippen molar-refractivity contribution >= 4 is 17.5 Å². The van der Waals surface area contributed by atoms with Crippen molar-refractivity contribution in [1.82, 2.24) is 14.8 Å². The Morgan fingerprint density at radius 2 is 2.15 bits per heavy atom. The second-order valence-electron chi connectivity index (χ2n) is 5.31. The van der Waals surface area contributed by atoms with Gasteiger partial charge in [0.2, 0.25) is 0 Å². The number of hydrogen-bond donors (Lipinski definition) is 1. The van der Waals surface area contributed by atoms with E-state index in [2.05, 4.69) is 19.2 Å². The minimum absolute atomic E-state index is 0.111. The van der Waals surface area contributed by atoms with Gasteiger partial charge in [-0.3, -0.25) is 4.79 Å². The van der Waals surface area contributed by atoms with Crippen molar-refractivity contribution in [2.75, 3.05) is 19.6 Å². The zero-order valence-electron chi connectivity index (χ0n) is 12.4. The van der Waals surface area contributed by atoms with E-state index < -0.39 is 0 Å². The van der Waals surface area contributed by atoms with Crippen LogP contribution in [0.15, 0.2) is 12.3 Å². The average molecular weight is 298 g/mol. The third-order valence-corrected chi connectivity index (χ3v) is 4.10. The molecule has 5 heteroatoms. The molecule has 0 spiro atoms. The molecule has 1 fully saturated rings. The molecule has 0 aliphatic carbocycles. The van der Waals surface area contributed by atoms with E-state index >= 15 is 0 Å². The zero-order valence-corrected chi connectivity index (χ0v) is 13.1. The number of carbonyl (C=O) groups is 1. The number of carbonyl (C=O) groups excluding carboxylic acids is 1. The lowest BCUT2D eigenvalue weighted by Gasteiger charge is -2.34. The zero-order chi connectivity index (χ0) is 14.5. The molecule has 1 aromatic heterocycles. The van der Waals surface area contributed by atoms with Crippen LogP contribution in [0.25, 0.3) is 0 Å². The minimum Gasteiger partial charge on any atom is -0.342 e. The van der Waals surface area contributed by atoms with Crippen LogP contribution >= 0.6 is 11.6 Å². The van der Waals surface area contributed by atoms with Crippen molar-refractivity contribution in [1.29, 1.82) is 0 Å². The van der Waals surface area contributed by atoms with Gasteiger partial charge in [0.15, 0.2) is 0 Å². The first kappa shape index (κ1) is 15.4. The fourth-order valence-corrected chi connectivity index (χ4v) is 3.13. The fourth-order valence-electron chi connectivity index (χ4n) is 2.91. The summed E-state index contributed by atoms with van der Waals surface area (Å²) in [7, 11) is 0. The summed E-state index contributed by atoms with van der Waals surface area (Å²) in [5, 5.41) is 3.99. The fraction of sp³-hybridized carbons (Fsp3) is 0.667. The summed E-state index contributed by atoms with van der Waals surface area (Å²) in [6.07, 6.45) is 4.91. The molecule has 0 atom stereocenters. The van der Waals surface area contributed by atoms with Gasteiger partial charge in [0.25, 0.3) is 5.91 Å². The van der Waals surface area contributed by atoms with Gasteiger partial charge in [-0.25, -0.2) is 0 Å². The van der Waals surface area contributed by atoms with Crippen LogP contribution in [-0.4, -0.2) is 41.1 Å². The minimum atomic E-state index is 0.111. The van der Waals surface area contributed by atoms with E-state index in [1.165, 1.54) is 0 Å². The summed E-state index contributed by atoms with van der Waals surface area (Å²) in [4.78, 5) is 14.8. The van der Waals surface area contributed by atoms with E-state index in [-0.39, 0.29) is 5.91 Å². The molecule has 112 valence electrons. The number of nitrogens with one attached hydrogen (secondary N) is 1. The molecule has 2 heterocycles. The van der Waals surface area contributed by atoms with Crippen molar-refractivity contribution < 1.29 is 4.79 Å². The van der Waals surface area contributed by atoms with Crippen LogP contribution in [0.2, 0.25) is 5.02 Å². The standard InChI is InChI=1S/C15H24ClN3O/c1-3-9-18-11-12(16)10-14(18)15(20)19(4-2)13-5-7-17-8-6-13/h10-11,13,17H,3-9H2,1-2H3. The van der Waals surface area contributed by atoms with E-state index in [4.69, 9.17) is 11.6 Å². The maximum absolute atomic E-state index is 12.8. The molecule has 0 saturated carbocycles. The summed E-state index contributed by atoms with van der Waals surface area (Å²) in [6.45, 7) is 7.72. The van der Waals surface area contributed by atoms with Gasteiger partial charge in [-0.2, -0.15) is 0 Å². The lowest BCUT2D eigenvalue weighted by Crippen LogP contribution is -2.46. The van der Waals surface area contributed by atoms with Gasteiger partial charge in [0, 0.05) is 25.3 Å². The molecule has 2 rings (SSSR count). The van der Waals surface area contributed by atoms with Crippen LogP contribution in [0.3, 0.4) is 0 Å². The molecule has 1 aromatic rings. The van der Waals surface area contributed by atoms with Gasteiger partial charge in [-0.1, -0.05) is 18.5 Å². The molecule has 0 bridgehead atoms. The highest BCUT2D eigenvalue weighted by atomic mass is 35.5. The maximum Gasteiger partial charge on any atom is 0.270 e. The van der Waals surface area contributed by atoms with Gasteiger partial charge in [-0.05, 0) is 45.3 Å². The Morgan fingerprint density at radius 1 is 1.45 bits per heavy atom. The summed E-state index contributed by atoms with van der Waals surface area (Å²) >= 11 is 6.08.